The highest BCUT2D eigenvalue weighted by Gasteiger charge is 2.35. The van der Waals surface area contributed by atoms with Gasteiger partial charge in [0.15, 0.2) is 4.80 Å². The molecule has 1 aromatic heterocycles. The molecule has 0 spiro atoms. The molecule has 3 aromatic rings. The molecule has 8 heteroatoms. The Hall–Kier alpha value is -2.72. The zero-order chi connectivity index (χ0) is 24.4. The number of carbonyl (C=O) groups is 1. The van der Waals surface area contributed by atoms with Gasteiger partial charge in [0.25, 0.3) is 11.5 Å². The first kappa shape index (κ1) is 24.4. The number of methoxy groups -OCH3 is 1. The first-order chi connectivity index (χ1) is 16.4. The van der Waals surface area contributed by atoms with E-state index < -0.39 is 6.04 Å². The standard InChI is InChI=1S/C26H26IN3O3S/c1-5-29(6-2)25(32)22-16(3)28-26-30(23(22)19-9-7-8-10-20(19)33-4)24(31)21(34-26)15-17-11-13-18(27)14-12-17/h7-15,23H,5-6H2,1-4H3/b21-15+/t23-/m0/s1. The summed E-state index contributed by atoms with van der Waals surface area (Å²) in [6, 6.07) is 14.9. The van der Waals surface area contributed by atoms with Gasteiger partial charge in [0, 0.05) is 22.2 Å². The Kier molecular flexibility index (Phi) is 7.37. The number of halogens is 1. The van der Waals surface area contributed by atoms with E-state index in [1.165, 1.54) is 11.3 Å². The van der Waals surface area contributed by atoms with Crippen LogP contribution in [0, 0.1) is 3.57 Å². The number of allylic oxidation sites excluding steroid dienone is 1. The second kappa shape index (κ2) is 10.3. The largest absolute Gasteiger partial charge is 0.496 e. The maximum absolute atomic E-state index is 13.7. The van der Waals surface area contributed by atoms with E-state index in [0.29, 0.717) is 39.4 Å². The summed E-state index contributed by atoms with van der Waals surface area (Å²) in [7, 11) is 1.60. The van der Waals surface area contributed by atoms with E-state index in [9.17, 15) is 9.59 Å². The van der Waals surface area contributed by atoms with Crippen molar-refractivity contribution in [3.63, 3.8) is 0 Å². The van der Waals surface area contributed by atoms with Crippen LogP contribution in [0.2, 0.25) is 0 Å². The van der Waals surface area contributed by atoms with Crippen LogP contribution >= 0.6 is 33.9 Å². The number of hydrogen-bond acceptors (Lipinski definition) is 5. The molecule has 0 unspecified atom stereocenters. The van der Waals surface area contributed by atoms with Crippen molar-refractivity contribution in [2.45, 2.75) is 26.8 Å². The van der Waals surface area contributed by atoms with Crippen LogP contribution in [-0.4, -0.2) is 35.6 Å². The van der Waals surface area contributed by atoms with Crippen molar-refractivity contribution < 1.29 is 9.53 Å². The number of likely N-dealkylation sites (N-methyl/N-ethyl adjacent to an activating group) is 1. The van der Waals surface area contributed by atoms with E-state index in [1.54, 1.807) is 16.6 Å². The molecular weight excluding hydrogens is 561 g/mol. The number of fused-ring (bicyclic) bond motifs is 1. The summed E-state index contributed by atoms with van der Waals surface area (Å²) < 4.78 is 8.99. The van der Waals surface area contributed by atoms with E-state index in [-0.39, 0.29) is 11.5 Å². The van der Waals surface area contributed by atoms with Crippen molar-refractivity contribution in [2.24, 2.45) is 4.99 Å². The molecule has 0 saturated carbocycles. The molecule has 1 atom stereocenters. The number of nitrogens with zero attached hydrogens (tertiary/aromatic N) is 3. The van der Waals surface area contributed by atoms with Crippen LogP contribution in [-0.2, 0) is 4.79 Å². The van der Waals surface area contributed by atoms with E-state index >= 15 is 0 Å². The summed E-state index contributed by atoms with van der Waals surface area (Å²) in [5.74, 6) is 0.508. The Labute approximate surface area is 216 Å². The van der Waals surface area contributed by atoms with Gasteiger partial charge in [0.1, 0.15) is 11.8 Å². The van der Waals surface area contributed by atoms with Crippen LogP contribution in [0.1, 0.15) is 37.9 Å². The number of rotatable bonds is 6. The summed E-state index contributed by atoms with van der Waals surface area (Å²) in [6.07, 6.45) is 1.88. The smallest absolute Gasteiger partial charge is 0.271 e. The molecule has 0 fully saturated rings. The number of carbonyl (C=O) groups excluding carboxylic acids is 1. The lowest BCUT2D eigenvalue weighted by Gasteiger charge is -2.29. The van der Waals surface area contributed by atoms with Gasteiger partial charge >= 0.3 is 0 Å². The number of amides is 1. The topological polar surface area (TPSA) is 63.9 Å². The van der Waals surface area contributed by atoms with Gasteiger partial charge in [-0.05, 0) is 73.2 Å². The summed E-state index contributed by atoms with van der Waals surface area (Å²) in [5, 5.41) is 0. The van der Waals surface area contributed by atoms with E-state index in [0.717, 1.165) is 14.7 Å². The Morgan fingerprint density at radius 1 is 1.18 bits per heavy atom. The first-order valence-electron chi connectivity index (χ1n) is 11.1. The maximum atomic E-state index is 13.7. The summed E-state index contributed by atoms with van der Waals surface area (Å²) in [4.78, 5) is 34.5. The Balaban J connectivity index is 1.99. The van der Waals surface area contributed by atoms with Gasteiger partial charge in [-0.2, -0.15) is 0 Å². The third-order valence-electron chi connectivity index (χ3n) is 5.90. The van der Waals surface area contributed by atoms with Crippen molar-refractivity contribution in [1.82, 2.24) is 9.47 Å². The zero-order valence-electron chi connectivity index (χ0n) is 19.5. The van der Waals surface area contributed by atoms with E-state index in [2.05, 4.69) is 22.6 Å². The van der Waals surface area contributed by atoms with Crippen LogP contribution < -0.4 is 19.6 Å². The molecule has 0 bridgehead atoms. The quantitative estimate of drug-likeness (QED) is 0.414. The average Bonchev–Trinajstić information content (AvgIpc) is 3.14. The highest BCUT2D eigenvalue weighted by molar-refractivity contribution is 14.1. The SMILES string of the molecule is CCN(CC)C(=O)C1=C(C)N=c2s/c(=C/c3ccc(I)cc3)c(=O)n2[C@H]1c1ccccc1OC. The van der Waals surface area contributed by atoms with Crippen molar-refractivity contribution >= 4 is 45.9 Å². The minimum atomic E-state index is -0.626. The number of thiazole rings is 1. The third-order valence-corrected chi connectivity index (χ3v) is 7.61. The monoisotopic (exact) mass is 587 g/mol. The fourth-order valence-electron chi connectivity index (χ4n) is 4.17. The number of aromatic nitrogens is 1. The Morgan fingerprint density at radius 3 is 2.50 bits per heavy atom. The number of hydrogen-bond donors (Lipinski definition) is 0. The molecule has 0 radical (unpaired) electrons. The van der Waals surface area contributed by atoms with Gasteiger partial charge < -0.3 is 9.64 Å². The maximum Gasteiger partial charge on any atom is 0.271 e. The van der Waals surface area contributed by atoms with Gasteiger partial charge in [-0.25, -0.2) is 4.99 Å². The number of benzene rings is 2. The third kappa shape index (κ3) is 4.48. The molecule has 1 aliphatic heterocycles. The van der Waals surface area contributed by atoms with Gasteiger partial charge in [-0.1, -0.05) is 41.7 Å². The lowest BCUT2D eigenvalue weighted by atomic mass is 9.94. The highest BCUT2D eigenvalue weighted by atomic mass is 127. The molecule has 2 aromatic carbocycles. The van der Waals surface area contributed by atoms with Crippen LogP contribution in [0.25, 0.3) is 6.08 Å². The molecule has 2 heterocycles. The van der Waals surface area contributed by atoms with Crippen LogP contribution in [0.4, 0.5) is 0 Å². The highest BCUT2D eigenvalue weighted by Crippen LogP contribution is 2.35. The van der Waals surface area contributed by atoms with Gasteiger partial charge in [-0.3, -0.25) is 14.2 Å². The average molecular weight is 587 g/mol. The molecular formula is C26H26IN3O3S. The summed E-state index contributed by atoms with van der Waals surface area (Å²) >= 11 is 3.59. The Bertz CT molecular complexity index is 1430. The minimum Gasteiger partial charge on any atom is -0.496 e. The van der Waals surface area contributed by atoms with Crippen molar-refractivity contribution in [1.29, 1.82) is 0 Å². The molecule has 34 heavy (non-hydrogen) atoms. The second-order valence-electron chi connectivity index (χ2n) is 7.85. The molecule has 6 nitrogen and oxygen atoms in total. The van der Waals surface area contributed by atoms with Crippen molar-refractivity contribution in [2.75, 3.05) is 20.2 Å². The van der Waals surface area contributed by atoms with E-state index in [4.69, 9.17) is 9.73 Å². The van der Waals surface area contributed by atoms with E-state index in [1.807, 2.05) is 75.4 Å². The first-order valence-corrected chi connectivity index (χ1v) is 13.0. The number of ether oxygens (including phenoxy) is 1. The molecule has 4 rings (SSSR count). The van der Waals surface area contributed by atoms with Gasteiger partial charge in [0.05, 0.1) is 22.9 Å². The summed E-state index contributed by atoms with van der Waals surface area (Å²) in [5.41, 5.74) is 2.65. The van der Waals surface area contributed by atoms with Crippen molar-refractivity contribution in [3.8, 4) is 5.75 Å². The minimum absolute atomic E-state index is 0.117. The lowest BCUT2D eigenvalue weighted by Crippen LogP contribution is -2.43. The van der Waals surface area contributed by atoms with Gasteiger partial charge in [0.2, 0.25) is 0 Å². The molecule has 1 amide bonds. The predicted octanol–water partition coefficient (Wildman–Crippen LogP) is 3.72. The Morgan fingerprint density at radius 2 is 1.85 bits per heavy atom. The van der Waals surface area contributed by atoms with Crippen LogP contribution in [0.3, 0.4) is 0 Å². The second-order valence-corrected chi connectivity index (χ2v) is 10.1. The predicted molar refractivity (Wildman–Crippen MR) is 144 cm³/mol. The molecule has 0 saturated heterocycles. The fraction of sp³-hybridized carbons (Fsp3) is 0.269. The normalized spacial score (nSPS) is 15.7. The zero-order valence-corrected chi connectivity index (χ0v) is 22.5. The fourth-order valence-corrected chi connectivity index (χ4v) is 5.58. The molecule has 0 aliphatic carbocycles. The molecule has 0 N–H and O–H groups in total. The van der Waals surface area contributed by atoms with Gasteiger partial charge in [-0.15, -0.1) is 0 Å². The molecule has 176 valence electrons. The summed E-state index contributed by atoms with van der Waals surface area (Å²) in [6.45, 7) is 6.89. The number of para-hydroxylation sites is 1. The molecule has 1 aliphatic rings. The van der Waals surface area contributed by atoms with Crippen LogP contribution in [0.15, 0.2) is 69.6 Å². The lowest BCUT2D eigenvalue weighted by molar-refractivity contribution is -0.127. The van der Waals surface area contributed by atoms with Crippen molar-refractivity contribution in [3.05, 3.63) is 94.2 Å². The van der Waals surface area contributed by atoms with Crippen LogP contribution in [0.5, 0.6) is 5.75 Å².